The molecule has 0 aliphatic heterocycles. The van der Waals surface area contributed by atoms with E-state index < -0.39 is 18.4 Å². The molecule has 0 atom stereocenters. The first-order valence-corrected chi connectivity index (χ1v) is 9.79. The van der Waals surface area contributed by atoms with Gasteiger partial charge in [0, 0.05) is 12.8 Å². The summed E-state index contributed by atoms with van der Waals surface area (Å²) in [5, 5.41) is 0. The molecule has 0 heterocycles. The van der Waals surface area contributed by atoms with Crippen LogP contribution >= 0.6 is 7.37 Å². The molecule has 25 heavy (non-hydrogen) atoms. The molecule has 0 aliphatic rings. The molecule has 4 nitrogen and oxygen atoms in total. The summed E-state index contributed by atoms with van der Waals surface area (Å²) >= 11 is 0. The van der Waals surface area contributed by atoms with Crippen LogP contribution in [0.5, 0.6) is 0 Å². The minimum Gasteiger partial charge on any atom is -0.334 e. The molecule has 0 saturated heterocycles. The van der Waals surface area contributed by atoms with Crippen molar-refractivity contribution in [3.63, 3.8) is 0 Å². The normalized spacial score (nSPS) is 11.4. The molecule has 0 amide bonds. The Morgan fingerprint density at radius 2 is 1.16 bits per heavy atom. The van der Waals surface area contributed by atoms with Crippen LogP contribution < -0.4 is 0 Å². The molecule has 132 valence electrons. The predicted molar refractivity (Wildman–Crippen MR) is 99.1 cm³/mol. The first kappa shape index (κ1) is 19.3. The second-order valence-electron chi connectivity index (χ2n) is 6.58. The third-order valence-corrected chi connectivity index (χ3v) is 6.04. The van der Waals surface area contributed by atoms with Gasteiger partial charge in [0.15, 0.2) is 0 Å². The molecule has 0 saturated carbocycles. The number of hydrogen-bond donors (Lipinski definition) is 1. The van der Waals surface area contributed by atoms with Crippen molar-refractivity contribution in [2.75, 3.05) is 0 Å². The number of benzene rings is 2. The van der Waals surface area contributed by atoms with Crippen molar-refractivity contribution >= 4 is 18.4 Å². The Morgan fingerprint density at radius 1 is 0.800 bits per heavy atom. The van der Waals surface area contributed by atoms with Crippen LogP contribution in [0.25, 0.3) is 0 Å². The lowest BCUT2D eigenvalue weighted by Crippen LogP contribution is -2.14. The predicted octanol–water partition coefficient (Wildman–Crippen LogP) is 4.03. The monoisotopic (exact) mass is 358 g/mol. The Bertz CT molecular complexity index is 814. The van der Waals surface area contributed by atoms with Crippen molar-refractivity contribution in [1.82, 2.24) is 0 Å². The average molecular weight is 358 g/mol. The smallest absolute Gasteiger partial charge is 0.328 e. The molecule has 2 aromatic carbocycles. The fourth-order valence-corrected chi connectivity index (χ4v) is 3.71. The Morgan fingerprint density at radius 3 is 1.52 bits per heavy atom. The van der Waals surface area contributed by atoms with Crippen LogP contribution in [0.2, 0.25) is 0 Å². The van der Waals surface area contributed by atoms with Crippen molar-refractivity contribution in [3.05, 3.63) is 69.8 Å². The molecule has 0 aliphatic carbocycles. The molecule has 5 heteroatoms. The first-order valence-electron chi connectivity index (χ1n) is 8.13. The fraction of sp³-hybridized carbons (Fsp3) is 0.300. The number of hydrogen-bond acceptors (Lipinski definition) is 3. The summed E-state index contributed by atoms with van der Waals surface area (Å²) in [5.41, 5.74) is 3.19. The summed E-state index contributed by atoms with van der Waals surface area (Å²) in [6.07, 6.45) is -0.417. The quantitative estimate of drug-likeness (QED) is 0.792. The summed E-state index contributed by atoms with van der Waals surface area (Å²) in [7, 11) is -4.55. The van der Waals surface area contributed by atoms with E-state index in [0.29, 0.717) is 11.1 Å². The molecule has 0 aromatic heterocycles. The lowest BCUT2D eigenvalue weighted by Gasteiger charge is -2.12. The summed E-state index contributed by atoms with van der Waals surface area (Å²) in [5.74, 6) is 0. The highest BCUT2D eigenvalue weighted by atomic mass is 31.2. The summed E-state index contributed by atoms with van der Waals surface area (Å²) in [6.45, 7) is 7.44. The van der Waals surface area contributed by atoms with E-state index in [-0.39, 0.29) is 12.8 Å². The molecule has 0 fully saturated rings. The average Bonchev–Trinajstić information content (AvgIpc) is 2.54. The molecule has 0 radical (unpaired) electrons. The molecule has 0 spiro atoms. The van der Waals surface area contributed by atoms with Crippen LogP contribution in [0.4, 0.5) is 0 Å². The fourth-order valence-electron chi connectivity index (χ4n) is 2.66. The van der Waals surface area contributed by atoms with Gasteiger partial charge in [0.2, 0.25) is 11.0 Å². The number of carbonyl (C=O) groups excluding carboxylic acids is 2. The maximum Gasteiger partial charge on any atom is 0.328 e. The van der Waals surface area contributed by atoms with Gasteiger partial charge < -0.3 is 4.89 Å². The number of rotatable bonds is 6. The zero-order valence-electron chi connectivity index (χ0n) is 15.0. The summed E-state index contributed by atoms with van der Waals surface area (Å²) in [4.78, 5) is 34.8. The van der Waals surface area contributed by atoms with Gasteiger partial charge in [0.05, 0.1) is 0 Å². The van der Waals surface area contributed by atoms with Crippen molar-refractivity contribution in [3.8, 4) is 0 Å². The lowest BCUT2D eigenvalue weighted by atomic mass is 10.0. The van der Waals surface area contributed by atoms with Gasteiger partial charge in [0.1, 0.15) is 0 Å². The Kier molecular flexibility index (Phi) is 5.76. The van der Waals surface area contributed by atoms with Crippen LogP contribution in [0, 0.1) is 27.7 Å². The topological polar surface area (TPSA) is 71.4 Å². The van der Waals surface area contributed by atoms with Crippen molar-refractivity contribution < 1.29 is 19.0 Å². The SMILES string of the molecule is Cc1ccc(C)c(CC(=O)P(=O)(O)C(=O)Cc2cc(C)ccc2C)c1. The zero-order valence-corrected chi connectivity index (χ0v) is 15.9. The maximum atomic E-state index is 12.5. The van der Waals surface area contributed by atoms with Gasteiger partial charge in [-0.3, -0.25) is 14.2 Å². The molecular formula is C20H23O4P. The highest BCUT2D eigenvalue weighted by Crippen LogP contribution is 2.45. The largest absolute Gasteiger partial charge is 0.334 e. The minimum atomic E-state index is -4.55. The first-order chi connectivity index (χ1) is 11.6. The zero-order chi connectivity index (χ0) is 18.8. The Balaban J connectivity index is 2.20. The number of aryl methyl sites for hydroxylation is 4. The standard InChI is InChI=1S/C20H23O4P/c1-13-5-7-15(3)17(9-13)11-19(21)25(23,24)20(22)12-18-10-14(2)6-8-16(18)4/h5-10H,11-12H2,1-4H3,(H,23,24). The highest BCUT2D eigenvalue weighted by Gasteiger charge is 2.37. The van der Waals surface area contributed by atoms with E-state index in [4.69, 9.17) is 0 Å². The van der Waals surface area contributed by atoms with Gasteiger partial charge in [0.25, 0.3) is 0 Å². The highest BCUT2D eigenvalue weighted by molar-refractivity contribution is 7.89. The molecule has 0 bridgehead atoms. The van der Waals surface area contributed by atoms with Crippen molar-refractivity contribution in [2.45, 2.75) is 40.5 Å². The van der Waals surface area contributed by atoms with E-state index in [2.05, 4.69) is 0 Å². The maximum absolute atomic E-state index is 12.5. The van der Waals surface area contributed by atoms with Crippen molar-refractivity contribution in [2.24, 2.45) is 0 Å². The molecule has 1 N–H and O–H groups in total. The molecular weight excluding hydrogens is 335 g/mol. The van der Waals surface area contributed by atoms with Crippen LogP contribution in [-0.2, 0) is 27.0 Å². The van der Waals surface area contributed by atoms with Crippen LogP contribution in [0.15, 0.2) is 36.4 Å². The Hall–Kier alpha value is -2.03. The van der Waals surface area contributed by atoms with Crippen LogP contribution in [0.3, 0.4) is 0 Å². The summed E-state index contributed by atoms with van der Waals surface area (Å²) < 4.78 is 12.5. The summed E-state index contributed by atoms with van der Waals surface area (Å²) in [6, 6.07) is 11.2. The van der Waals surface area contributed by atoms with Gasteiger partial charge in [-0.15, -0.1) is 0 Å². The second-order valence-corrected chi connectivity index (χ2v) is 8.73. The van der Waals surface area contributed by atoms with Crippen molar-refractivity contribution in [1.29, 1.82) is 0 Å². The lowest BCUT2D eigenvalue weighted by molar-refractivity contribution is -0.115. The van der Waals surface area contributed by atoms with Crippen LogP contribution in [0.1, 0.15) is 33.4 Å². The van der Waals surface area contributed by atoms with E-state index in [1.54, 1.807) is 0 Å². The minimum absolute atomic E-state index is 0.209. The van der Waals surface area contributed by atoms with Gasteiger partial charge in [-0.05, 0) is 49.9 Å². The third-order valence-electron chi connectivity index (χ3n) is 4.37. The van der Waals surface area contributed by atoms with E-state index in [1.165, 1.54) is 0 Å². The second kappa shape index (κ2) is 7.47. The molecule has 2 rings (SSSR count). The van der Waals surface area contributed by atoms with Gasteiger partial charge in [-0.1, -0.05) is 47.5 Å². The third kappa shape index (κ3) is 4.53. The molecule has 0 unspecified atom stereocenters. The molecule has 2 aromatic rings. The number of carbonyl (C=O) groups is 2. The van der Waals surface area contributed by atoms with Gasteiger partial charge >= 0.3 is 7.37 Å². The van der Waals surface area contributed by atoms with E-state index in [9.17, 15) is 19.0 Å². The van der Waals surface area contributed by atoms with Crippen LogP contribution in [-0.4, -0.2) is 15.9 Å². The van der Waals surface area contributed by atoms with Gasteiger partial charge in [-0.25, -0.2) is 0 Å². The van der Waals surface area contributed by atoms with Gasteiger partial charge in [-0.2, -0.15) is 0 Å². The van der Waals surface area contributed by atoms with E-state index in [0.717, 1.165) is 22.3 Å². The van der Waals surface area contributed by atoms with E-state index in [1.807, 2.05) is 64.1 Å². The van der Waals surface area contributed by atoms with E-state index >= 15 is 0 Å². The Labute approximate surface area is 148 Å².